The molecule has 0 bridgehead atoms. The Kier molecular flexibility index (Phi) is 6.97. The predicted octanol–water partition coefficient (Wildman–Crippen LogP) is 2.43. The van der Waals surface area contributed by atoms with Crippen molar-refractivity contribution in [3.8, 4) is 0 Å². The summed E-state index contributed by atoms with van der Waals surface area (Å²) < 4.78 is 43.1. The van der Waals surface area contributed by atoms with Crippen LogP contribution < -0.4 is 5.32 Å². The van der Waals surface area contributed by atoms with Crippen molar-refractivity contribution >= 4 is 22.7 Å². The van der Waals surface area contributed by atoms with E-state index in [1.54, 1.807) is 30.3 Å². The van der Waals surface area contributed by atoms with E-state index >= 15 is 0 Å². The molecule has 0 unspecified atom stereocenters. The van der Waals surface area contributed by atoms with E-state index in [2.05, 4.69) is 10.1 Å². The molecule has 2 aromatic rings. The monoisotopic (exact) mass is 381 g/mol. The number of halogens is 2. The number of rotatable bonds is 7. The highest BCUT2D eigenvalue weighted by Gasteiger charge is 2.23. The quantitative estimate of drug-likeness (QED) is 0.748. The number of methoxy groups -OCH3 is 1. The molecule has 0 spiro atoms. The Labute approximate surface area is 151 Å². The van der Waals surface area contributed by atoms with Crippen LogP contribution in [0.3, 0.4) is 0 Å². The maximum absolute atomic E-state index is 13.3. The van der Waals surface area contributed by atoms with Crippen molar-refractivity contribution in [2.45, 2.75) is 17.4 Å². The van der Waals surface area contributed by atoms with Crippen molar-refractivity contribution in [1.82, 2.24) is 5.32 Å². The Morgan fingerprint density at radius 1 is 1.12 bits per heavy atom. The van der Waals surface area contributed by atoms with Crippen LogP contribution in [-0.4, -0.2) is 35.0 Å². The zero-order valence-electron chi connectivity index (χ0n) is 13.9. The number of nitrogens with one attached hydrogen (secondary N) is 1. The van der Waals surface area contributed by atoms with Gasteiger partial charge in [0.2, 0.25) is 0 Å². The van der Waals surface area contributed by atoms with Crippen molar-refractivity contribution in [2.24, 2.45) is 0 Å². The summed E-state index contributed by atoms with van der Waals surface area (Å²) in [6, 6.07) is 10.3. The Morgan fingerprint density at radius 3 is 2.42 bits per heavy atom. The lowest BCUT2D eigenvalue weighted by molar-refractivity contribution is -0.142. The van der Waals surface area contributed by atoms with Crippen LogP contribution in [0.25, 0.3) is 0 Å². The number of esters is 1. The van der Waals surface area contributed by atoms with Crippen LogP contribution in [0.2, 0.25) is 0 Å². The minimum atomic E-state index is -1.36. The maximum Gasteiger partial charge on any atom is 0.328 e. The molecule has 0 fully saturated rings. The van der Waals surface area contributed by atoms with Gasteiger partial charge in [-0.05, 0) is 36.8 Å². The summed E-state index contributed by atoms with van der Waals surface area (Å²) in [4.78, 5) is 24.6. The Hall–Kier alpha value is -2.61. The van der Waals surface area contributed by atoms with Crippen molar-refractivity contribution in [1.29, 1.82) is 0 Å². The molecule has 0 aliphatic rings. The molecule has 1 amide bonds. The van der Waals surface area contributed by atoms with Crippen molar-refractivity contribution in [3.63, 3.8) is 0 Å². The van der Waals surface area contributed by atoms with E-state index in [9.17, 15) is 22.6 Å². The Morgan fingerprint density at radius 2 is 1.81 bits per heavy atom. The van der Waals surface area contributed by atoms with E-state index in [0.717, 1.165) is 25.3 Å². The number of hydrogen-bond acceptors (Lipinski definition) is 4. The summed E-state index contributed by atoms with van der Waals surface area (Å²) in [7, 11) is -0.197. The number of amides is 1. The summed E-state index contributed by atoms with van der Waals surface area (Å²) >= 11 is 0. The minimum absolute atomic E-state index is 0.0591. The molecule has 2 rings (SSSR count). The van der Waals surface area contributed by atoms with Gasteiger partial charge in [-0.2, -0.15) is 0 Å². The fourth-order valence-electron chi connectivity index (χ4n) is 2.19. The van der Waals surface area contributed by atoms with Crippen molar-refractivity contribution in [2.75, 3.05) is 12.9 Å². The first kappa shape index (κ1) is 19.7. The Bertz CT molecular complexity index is 814. The van der Waals surface area contributed by atoms with Gasteiger partial charge >= 0.3 is 5.97 Å². The highest BCUT2D eigenvalue weighted by atomic mass is 32.2. The van der Waals surface area contributed by atoms with Crippen LogP contribution in [0.5, 0.6) is 0 Å². The molecule has 8 heteroatoms. The molecule has 1 N–H and O–H groups in total. The summed E-state index contributed by atoms with van der Waals surface area (Å²) in [5, 5.41) is 2.40. The third kappa shape index (κ3) is 5.19. The van der Waals surface area contributed by atoms with Gasteiger partial charge in [0.15, 0.2) is 11.6 Å². The van der Waals surface area contributed by atoms with Crippen LogP contribution >= 0.6 is 0 Å². The van der Waals surface area contributed by atoms with Gasteiger partial charge in [0.25, 0.3) is 5.91 Å². The van der Waals surface area contributed by atoms with E-state index in [1.165, 1.54) is 0 Å². The van der Waals surface area contributed by atoms with Gasteiger partial charge in [-0.15, -0.1) is 0 Å². The molecular formula is C18H17F2NO4S. The summed E-state index contributed by atoms with van der Waals surface area (Å²) in [5.74, 6) is -3.61. The third-order valence-corrected chi connectivity index (χ3v) is 4.98. The zero-order valence-corrected chi connectivity index (χ0v) is 14.7. The molecule has 138 valence electrons. The number of ether oxygens (including phenoxy) is 1. The average Bonchev–Trinajstić information content (AvgIpc) is 2.66. The number of benzene rings is 2. The number of carbonyl (C=O) groups is 2. The van der Waals surface area contributed by atoms with Crippen LogP contribution in [0.1, 0.15) is 16.8 Å². The second-order valence-electron chi connectivity index (χ2n) is 5.33. The zero-order chi connectivity index (χ0) is 19.1. The standard InChI is InChI=1S/C18H17F2NO4S/c1-25-18(23)16(9-10-26(24)13-5-3-2-4-6-13)21-17(22)12-7-8-14(19)15(20)11-12/h2-8,11,16H,9-10H2,1H3,(H,21,22)/t16-,26-/m1/s1. The molecule has 0 saturated carbocycles. The van der Waals surface area contributed by atoms with Crippen molar-refractivity contribution < 1.29 is 27.3 Å². The van der Waals surface area contributed by atoms with Gasteiger partial charge in [0, 0.05) is 16.2 Å². The predicted molar refractivity (Wildman–Crippen MR) is 92.0 cm³/mol. The summed E-state index contributed by atoms with van der Waals surface area (Å²) in [6.07, 6.45) is 0.0591. The van der Waals surface area contributed by atoms with Gasteiger partial charge in [-0.3, -0.25) is 9.00 Å². The van der Waals surface area contributed by atoms with Crippen molar-refractivity contribution in [3.05, 3.63) is 65.7 Å². The summed E-state index contributed by atoms with van der Waals surface area (Å²) in [5.41, 5.74) is -0.137. The van der Waals surface area contributed by atoms with E-state index < -0.39 is 40.4 Å². The van der Waals surface area contributed by atoms with Crippen LogP contribution in [-0.2, 0) is 20.3 Å². The molecule has 0 aliphatic carbocycles. The molecule has 0 aromatic heterocycles. The maximum atomic E-state index is 13.3. The molecule has 26 heavy (non-hydrogen) atoms. The van der Waals surface area contributed by atoms with Gasteiger partial charge in [-0.25, -0.2) is 13.6 Å². The first-order chi connectivity index (χ1) is 12.4. The fraction of sp³-hybridized carbons (Fsp3) is 0.222. The lowest BCUT2D eigenvalue weighted by atomic mass is 10.1. The van der Waals surface area contributed by atoms with Gasteiger partial charge < -0.3 is 10.1 Å². The van der Waals surface area contributed by atoms with Crippen LogP contribution in [0, 0.1) is 11.6 Å². The molecule has 2 aromatic carbocycles. The smallest absolute Gasteiger partial charge is 0.328 e. The molecule has 0 saturated heterocycles. The second kappa shape index (κ2) is 9.19. The molecular weight excluding hydrogens is 364 g/mol. The lowest BCUT2D eigenvalue weighted by Gasteiger charge is -2.16. The SMILES string of the molecule is COC(=O)[C@@H](CC[S@@](=O)c1ccccc1)NC(=O)c1ccc(F)c(F)c1. The molecule has 2 atom stereocenters. The number of carbonyl (C=O) groups excluding carboxylic acids is 2. The second-order valence-corrected chi connectivity index (χ2v) is 6.90. The third-order valence-electron chi connectivity index (χ3n) is 3.57. The normalized spacial score (nSPS) is 12.9. The van der Waals surface area contributed by atoms with Crippen LogP contribution in [0.15, 0.2) is 53.4 Å². The van der Waals surface area contributed by atoms with Gasteiger partial charge in [-0.1, -0.05) is 18.2 Å². The molecule has 5 nitrogen and oxygen atoms in total. The largest absolute Gasteiger partial charge is 0.467 e. The lowest BCUT2D eigenvalue weighted by Crippen LogP contribution is -2.42. The van der Waals surface area contributed by atoms with Gasteiger partial charge in [0.1, 0.15) is 6.04 Å². The highest BCUT2D eigenvalue weighted by molar-refractivity contribution is 7.85. The van der Waals surface area contributed by atoms with E-state index in [-0.39, 0.29) is 17.7 Å². The topological polar surface area (TPSA) is 72.5 Å². The highest BCUT2D eigenvalue weighted by Crippen LogP contribution is 2.11. The molecule has 0 radical (unpaired) electrons. The fourth-order valence-corrected chi connectivity index (χ4v) is 3.33. The first-order valence-corrected chi connectivity index (χ1v) is 9.01. The van der Waals surface area contributed by atoms with E-state index in [0.29, 0.717) is 4.90 Å². The molecule has 0 heterocycles. The van der Waals surface area contributed by atoms with Crippen LogP contribution in [0.4, 0.5) is 8.78 Å². The number of hydrogen-bond donors (Lipinski definition) is 1. The van der Waals surface area contributed by atoms with E-state index in [1.807, 2.05) is 0 Å². The molecule has 0 aliphatic heterocycles. The van der Waals surface area contributed by atoms with Gasteiger partial charge in [0.05, 0.1) is 17.9 Å². The minimum Gasteiger partial charge on any atom is -0.467 e. The summed E-state index contributed by atoms with van der Waals surface area (Å²) in [6.45, 7) is 0. The Balaban J connectivity index is 2.05. The average molecular weight is 381 g/mol. The first-order valence-electron chi connectivity index (χ1n) is 7.69. The van der Waals surface area contributed by atoms with E-state index in [4.69, 9.17) is 0 Å².